The normalized spacial score (nSPS) is 23.6. The van der Waals surface area contributed by atoms with Crippen LogP contribution >= 0.6 is 0 Å². The lowest BCUT2D eigenvalue weighted by Crippen LogP contribution is -2.44. The largest absolute Gasteiger partial charge is 0.355 e. The highest BCUT2D eigenvalue weighted by Gasteiger charge is 2.27. The number of hydrogen-bond acceptors (Lipinski definition) is 3. The third-order valence-electron chi connectivity index (χ3n) is 3.56. The summed E-state index contributed by atoms with van der Waals surface area (Å²) in [6.07, 6.45) is 6.71. The lowest BCUT2D eigenvalue weighted by atomic mass is 9.84. The van der Waals surface area contributed by atoms with Gasteiger partial charge >= 0.3 is 0 Å². The Labute approximate surface area is 108 Å². The number of nitrogens with two attached hydrogens (primary N) is 1. The molecule has 4 nitrogen and oxygen atoms in total. The quantitative estimate of drug-likeness (QED) is 0.841. The SMILES string of the molecule is N[C@H]1CCCC[C@H]1C(=O)NCCc1ccccn1. The van der Waals surface area contributed by atoms with Gasteiger partial charge < -0.3 is 11.1 Å². The number of nitrogens with zero attached hydrogens (tertiary/aromatic N) is 1. The second-order valence-corrected chi connectivity index (χ2v) is 4.92. The van der Waals surface area contributed by atoms with Gasteiger partial charge in [0.2, 0.25) is 5.91 Å². The van der Waals surface area contributed by atoms with Crippen LogP contribution in [0.1, 0.15) is 31.4 Å². The Bertz CT molecular complexity index is 380. The fourth-order valence-corrected chi connectivity index (χ4v) is 2.48. The van der Waals surface area contributed by atoms with Gasteiger partial charge in [-0.05, 0) is 25.0 Å². The van der Waals surface area contributed by atoms with Gasteiger partial charge in [0.05, 0.1) is 5.92 Å². The first-order chi connectivity index (χ1) is 8.77. The topological polar surface area (TPSA) is 68.0 Å². The van der Waals surface area contributed by atoms with E-state index in [1.807, 2.05) is 18.2 Å². The van der Waals surface area contributed by atoms with Crippen LogP contribution in [0.3, 0.4) is 0 Å². The molecule has 1 fully saturated rings. The highest BCUT2D eigenvalue weighted by atomic mass is 16.1. The maximum Gasteiger partial charge on any atom is 0.224 e. The zero-order chi connectivity index (χ0) is 12.8. The van der Waals surface area contributed by atoms with Crippen molar-refractivity contribution in [2.45, 2.75) is 38.1 Å². The average Bonchev–Trinajstić information content (AvgIpc) is 2.40. The molecule has 4 heteroatoms. The number of aromatic nitrogens is 1. The van der Waals surface area contributed by atoms with Crippen molar-refractivity contribution in [2.75, 3.05) is 6.54 Å². The molecule has 0 aromatic carbocycles. The Morgan fingerprint density at radius 2 is 2.22 bits per heavy atom. The highest BCUT2D eigenvalue weighted by Crippen LogP contribution is 2.22. The van der Waals surface area contributed by atoms with Crippen LogP contribution in [0, 0.1) is 5.92 Å². The Balaban J connectivity index is 1.74. The van der Waals surface area contributed by atoms with Crippen molar-refractivity contribution in [1.29, 1.82) is 0 Å². The smallest absolute Gasteiger partial charge is 0.224 e. The van der Waals surface area contributed by atoms with E-state index in [1.54, 1.807) is 6.20 Å². The Hall–Kier alpha value is -1.42. The van der Waals surface area contributed by atoms with Crippen molar-refractivity contribution >= 4 is 5.91 Å². The van der Waals surface area contributed by atoms with Gasteiger partial charge in [-0.2, -0.15) is 0 Å². The van der Waals surface area contributed by atoms with Crippen molar-refractivity contribution in [3.05, 3.63) is 30.1 Å². The monoisotopic (exact) mass is 247 g/mol. The molecule has 1 amide bonds. The molecule has 98 valence electrons. The molecule has 1 saturated carbocycles. The number of carbonyl (C=O) groups excluding carboxylic acids is 1. The zero-order valence-electron chi connectivity index (χ0n) is 10.6. The zero-order valence-corrected chi connectivity index (χ0v) is 10.6. The van der Waals surface area contributed by atoms with E-state index in [2.05, 4.69) is 10.3 Å². The molecule has 0 aliphatic heterocycles. The van der Waals surface area contributed by atoms with E-state index in [9.17, 15) is 4.79 Å². The van der Waals surface area contributed by atoms with E-state index in [0.29, 0.717) is 6.54 Å². The molecule has 1 aromatic heterocycles. The van der Waals surface area contributed by atoms with Gasteiger partial charge in [-0.25, -0.2) is 0 Å². The summed E-state index contributed by atoms with van der Waals surface area (Å²) in [7, 11) is 0. The first-order valence-electron chi connectivity index (χ1n) is 6.70. The molecule has 1 aromatic rings. The molecule has 0 spiro atoms. The number of hydrogen-bond donors (Lipinski definition) is 2. The van der Waals surface area contributed by atoms with Crippen molar-refractivity contribution in [3.8, 4) is 0 Å². The molecule has 0 radical (unpaired) electrons. The highest BCUT2D eigenvalue weighted by molar-refractivity contribution is 5.79. The summed E-state index contributed by atoms with van der Waals surface area (Å²) in [5.41, 5.74) is 6.99. The molecule has 3 N–H and O–H groups in total. The van der Waals surface area contributed by atoms with Gasteiger partial charge in [-0.15, -0.1) is 0 Å². The fourth-order valence-electron chi connectivity index (χ4n) is 2.48. The molecule has 2 atom stereocenters. The predicted octanol–water partition coefficient (Wildman–Crippen LogP) is 1.26. The summed E-state index contributed by atoms with van der Waals surface area (Å²) in [6.45, 7) is 0.638. The molecule has 1 aliphatic rings. The lowest BCUT2D eigenvalue weighted by Gasteiger charge is -2.27. The minimum absolute atomic E-state index is 0.00230. The summed E-state index contributed by atoms with van der Waals surface area (Å²) in [5.74, 6) is 0.112. The first kappa shape index (κ1) is 13.0. The third-order valence-corrected chi connectivity index (χ3v) is 3.56. The second kappa shape index (κ2) is 6.50. The van der Waals surface area contributed by atoms with Crippen LogP contribution < -0.4 is 11.1 Å². The molecule has 2 rings (SSSR count). The number of carbonyl (C=O) groups is 1. The van der Waals surface area contributed by atoms with Crippen LogP contribution in [0.2, 0.25) is 0 Å². The average molecular weight is 247 g/mol. The van der Waals surface area contributed by atoms with Crippen molar-refractivity contribution in [2.24, 2.45) is 11.7 Å². The van der Waals surface area contributed by atoms with Gasteiger partial charge in [-0.3, -0.25) is 9.78 Å². The van der Waals surface area contributed by atoms with E-state index < -0.39 is 0 Å². The van der Waals surface area contributed by atoms with Crippen LogP contribution in [0.25, 0.3) is 0 Å². The lowest BCUT2D eigenvalue weighted by molar-refractivity contribution is -0.126. The Kier molecular flexibility index (Phi) is 4.70. The van der Waals surface area contributed by atoms with Crippen molar-refractivity contribution in [1.82, 2.24) is 10.3 Å². The number of rotatable bonds is 4. The minimum atomic E-state index is 0.00230. The van der Waals surface area contributed by atoms with Gasteiger partial charge in [-0.1, -0.05) is 18.9 Å². The van der Waals surface area contributed by atoms with Gasteiger partial charge in [0.25, 0.3) is 0 Å². The number of pyridine rings is 1. The van der Waals surface area contributed by atoms with Crippen molar-refractivity contribution < 1.29 is 4.79 Å². The molecule has 0 unspecified atom stereocenters. The minimum Gasteiger partial charge on any atom is -0.355 e. The summed E-state index contributed by atoms with van der Waals surface area (Å²) in [6, 6.07) is 5.86. The molecule has 0 saturated heterocycles. The molecule has 1 heterocycles. The molecule has 18 heavy (non-hydrogen) atoms. The van der Waals surface area contributed by atoms with Gasteiger partial charge in [0, 0.05) is 30.9 Å². The predicted molar refractivity (Wildman–Crippen MR) is 70.9 cm³/mol. The summed E-state index contributed by atoms with van der Waals surface area (Å²) < 4.78 is 0. The molecule has 0 bridgehead atoms. The van der Waals surface area contributed by atoms with Gasteiger partial charge in [0.15, 0.2) is 0 Å². The summed E-state index contributed by atoms with van der Waals surface area (Å²) in [4.78, 5) is 16.2. The van der Waals surface area contributed by atoms with Gasteiger partial charge in [0.1, 0.15) is 0 Å². The van der Waals surface area contributed by atoms with Crippen LogP contribution in [0.15, 0.2) is 24.4 Å². The molecular weight excluding hydrogens is 226 g/mol. The molecule has 1 aliphatic carbocycles. The fraction of sp³-hybridized carbons (Fsp3) is 0.571. The van der Waals surface area contributed by atoms with E-state index in [-0.39, 0.29) is 17.9 Å². The summed E-state index contributed by atoms with van der Waals surface area (Å²) in [5, 5.41) is 2.97. The maximum absolute atomic E-state index is 12.0. The number of amides is 1. The Morgan fingerprint density at radius 3 is 2.94 bits per heavy atom. The first-order valence-corrected chi connectivity index (χ1v) is 6.70. The van der Waals surface area contributed by atoms with Crippen LogP contribution in [0.5, 0.6) is 0 Å². The van der Waals surface area contributed by atoms with E-state index in [1.165, 1.54) is 0 Å². The van der Waals surface area contributed by atoms with E-state index in [0.717, 1.165) is 37.8 Å². The third kappa shape index (κ3) is 3.53. The van der Waals surface area contributed by atoms with Crippen LogP contribution in [-0.4, -0.2) is 23.5 Å². The van der Waals surface area contributed by atoms with Crippen LogP contribution in [0.4, 0.5) is 0 Å². The van der Waals surface area contributed by atoms with Crippen molar-refractivity contribution in [3.63, 3.8) is 0 Å². The van der Waals surface area contributed by atoms with Crippen LogP contribution in [-0.2, 0) is 11.2 Å². The Morgan fingerprint density at radius 1 is 1.39 bits per heavy atom. The van der Waals surface area contributed by atoms with E-state index >= 15 is 0 Å². The maximum atomic E-state index is 12.0. The molecular formula is C14H21N3O. The number of nitrogens with one attached hydrogen (secondary N) is 1. The second-order valence-electron chi connectivity index (χ2n) is 4.92. The van der Waals surface area contributed by atoms with E-state index in [4.69, 9.17) is 5.73 Å². The standard InChI is InChI=1S/C14H21N3O/c15-13-7-2-1-6-12(13)14(18)17-10-8-11-5-3-4-9-16-11/h3-5,9,12-13H,1-2,6-8,10,15H2,(H,17,18)/t12-,13+/m1/s1. The summed E-state index contributed by atoms with van der Waals surface area (Å²) >= 11 is 0.